The van der Waals surface area contributed by atoms with Crippen LogP contribution in [0.15, 0.2) is 12.1 Å². The van der Waals surface area contributed by atoms with E-state index in [1.165, 1.54) is 20.8 Å². The van der Waals surface area contributed by atoms with Crippen molar-refractivity contribution in [2.45, 2.75) is 26.3 Å². The third-order valence-electron chi connectivity index (χ3n) is 2.20. The molecule has 0 heterocycles. The molecule has 0 fully saturated rings. The molecule has 0 radical (unpaired) electrons. The molecule has 0 bridgehead atoms. The molecule has 0 unspecified atom stereocenters. The van der Waals surface area contributed by atoms with Crippen molar-refractivity contribution in [2.75, 3.05) is 0 Å². The molecule has 0 aliphatic heterocycles. The van der Waals surface area contributed by atoms with E-state index in [2.05, 4.69) is 5.32 Å². The molecule has 0 aliphatic rings. The van der Waals surface area contributed by atoms with E-state index in [0.29, 0.717) is 6.07 Å². The Morgan fingerprint density at radius 2 is 1.94 bits per heavy atom. The summed E-state index contributed by atoms with van der Waals surface area (Å²) >= 11 is 0. The van der Waals surface area contributed by atoms with E-state index in [-0.39, 0.29) is 11.1 Å². The second-order valence-electron chi connectivity index (χ2n) is 4.27. The van der Waals surface area contributed by atoms with Gasteiger partial charge in [0.1, 0.15) is 17.2 Å². The molecule has 1 aromatic carbocycles. The van der Waals surface area contributed by atoms with Crippen molar-refractivity contribution in [3.05, 3.63) is 34.9 Å². The van der Waals surface area contributed by atoms with Crippen LogP contribution in [-0.4, -0.2) is 11.4 Å². The predicted octanol–water partition coefficient (Wildman–Crippen LogP) is 2.31. The zero-order valence-corrected chi connectivity index (χ0v) is 9.77. The largest absolute Gasteiger partial charge is 0.334 e. The Kier molecular flexibility index (Phi) is 3.47. The summed E-state index contributed by atoms with van der Waals surface area (Å²) in [6.07, 6.45) is 0. The van der Waals surface area contributed by atoms with Gasteiger partial charge in [0.2, 0.25) is 0 Å². The van der Waals surface area contributed by atoms with Gasteiger partial charge >= 0.3 is 0 Å². The van der Waals surface area contributed by atoms with E-state index in [9.17, 15) is 13.6 Å². The number of aryl methyl sites for hydroxylation is 1. The minimum absolute atomic E-state index is 0.173. The van der Waals surface area contributed by atoms with Gasteiger partial charge in [-0.05, 0) is 32.4 Å². The summed E-state index contributed by atoms with van der Waals surface area (Å²) in [5.74, 6) is -2.39. The quantitative estimate of drug-likeness (QED) is 0.859. The summed E-state index contributed by atoms with van der Waals surface area (Å²) < 4.78 is 26.4. The number of carbonyl (C=O) groups excluding carboxylic acids is 1. The summed E-state index contributed by atoms with van der Waals surface area (Å²) in [6, 6.07) is 3.63. The maximum absolute atomic E-state index is 13.4. The van der Waals surface area contributed by atoms with Gasteiger partial charge in [-0.25, -0.2) is 8.78 Å². The monoisotopic (exact) mass is 238 g/mol. The fraction of sp³-hybridized carbons (Fsp3) is 0.333. The van der Waals surface area contributed by atoms with Crippen molar-refractivity contribution in [1.82, 2.24) is 5.32 Å². The van der Waals surface area contributed by atoms with Gasteiger partial charge in [-0.15, -0.1) is 0 Å². The standard InChI is InChI=1S/C12H12F2N2O/c1-7-4-8(10(14)5-9(7)13)11(17)16-12(2,3)6-15/h4-5H,1-3H3,(H,16,17). The van der Waals surface area contributed by atoms with Gasteiger partial charge in [0.05, 0.1) is 11.6 Å². The second-order valence-corrected chi connectivity index (χ2v) is 4.27. The van der Waals surface area contributed by atoms with E-state index in [1.54, 1.807) is 0 Å². The number of rotatable bonds is 2. The molecule has 1 N–H and O–H groups in total. The Balaban J connectivity index is 3.07. The molecule has 1 aromatic rings. The van der Waals surface area contributed by atoms with Crippen molar-refractivity contribution >= 4 is 5.91 Å². The fourth-order valence-electron chi connectivity index (χ4n) is 1.21. The van der Waals surface area contributed by atoms with Crippen LogP contribution in [0.25, 0.3) is 0 Å². The Morgan fingerprint density at radius 3 is 2.47 bits per heavy atom. The molecule has 3 nitrogen and oxygen atoms in total. The zero-order valence-electron chi connectivity index (χ0n) is 9.77. The molecule has 90 valence electrons. The Hall–Kier alpha value is -1.96. The molecule has 1 rings (SSSR count). The first-order valence-corrected chi connectivity index (χ1v) is 4.96. The van der Waals surface area contributed by atoms with Gasteiger partial charge in [0.15, 0.2) is 0 Å². The lowest BCUT2D eigenvalue weighted by atomic mass is 10.1. The van der Waals surface area contributed by atoms with Crippen LogP contribution in [0.1, 0.15) is 29.8 Å². The first-order chi connectivity index (χ1) is 7.76. The van der Waals surface area contributed by atoms with Crippen LogP contribution in [0.4, 0.5) is 8.78 Å². The lowest BCUT2D eigenvalue weighted by molar-refractivity contribution is 0.0925. The maximum Gasteiger partial charge on any atom is 0.255 e. The molecule has 0 aromatic heterocycles. The van der Waals surface area contributed by atoms with Gasteiger partial charge in [-0.3, -0.25) is 4.79 Å². The molecular formula is C12H12F2N2O. The number of carbonyl (C=O) groups is 1. The van der Waals surface area contributed by atoms with Crippen LogP contribution < -0.4 is 5.32 Å². The van der Waals surface area contributed by atoms with Gasteiger partial charge in [0, 0.05) is 6.07 Å². The van der Waals surface area contributed by atoms with E-state index in [1.807, 2.05) is 6.07 Å². The predicted molar refractivity (Wildman–Crippen MR) is 58.3 cm³/mol. The lowest BCUT2D eigenvalue weighted by Gasteiger charge is -2.17. The maximum atomic E-state index is 13.4. The van der Waals surface area contributed by atoms with Crippen LogP contribution in [-0.2, 0) is 0 Å². The number of halogens is 2. The zero-order chi connectivity index (χ0) is 13.2. The minimum atomic E-state index is -1.11. The molecule has 0 saturated carbocycles. The van der Waals surface area contributed by atoms with Crippen molar-refractivity contribution in [1.29, 1.82) is 5.26 Å². The molecule has 0 saturated heterocycles. The molecule has 17 heavy (non-hydrogen) atoms. The van der Waals surface area contributed by atoms with Crippen molar-refractivity contribution in [3.8, 4) is 6.07 Å². The van der Waals surface area contributed by atoms with Crippen LogP contribution in [0.3, 0.4) is 0 Å². The average Bonchev–Trinajstić information content (AvgIpc) is 2.22. The molecule has 0 spiro atoms. The highest BCUT2D eigenvalue weighted by Gasteiger charge is 2.22. The number of nitrogens with zero attached hydrogens (tertiary/aromatic N) is 1. The van der Waals surface area contributed by atoms with Crippen molar-refractivity contribution in [3.63, 3.8) is 0 Å². The Labute approximate surface area is 98.1 Å². The third kappa shape index (κ3) is 3.00. The molecule has 0 atom stereocenters. The second kappa shape index (κ2) is 4.50. The van der Waals surface area contributed by atoms with Gasteiger partial charge in [-0.1, -0.05) is 0 Å². The van der Waals surface area contributed by atoms with Gasteiger partial charge in [0.25, 0.3) is 5.91 Å². The first kappa shape index (κ1) is 13.1. The minimum Gasteiger partial charge on any atom is -0.334 e. The summed E-state index contributed by atoms with van der Waals surface area (Å²) in [5.41, 5.74) is -1.20. The normalized spacial score (nSPS) is 10.8. The van der Waals surface area contributed by atoms with Gasteiger partial charge < -0.3 is 5.32 Å². The van der Waals surface area contributed by atoms with Crippen molar-refractivity contribution < 1.29 is 13.6 Å². The smallest absolute Gasteiger partial charge is 0.255 e. The lowest BCUT2D eigenvalue weighted by Crippen LogP contribution is -2.42. The third-order valence-corrected chi connectivity index (χ3v) is 2.20. The van der Waals surface area contributed by atoms with E-state index in [4.69, 9.17) is 5.26 Å². The highest BCUT2D eigenvalue weighted by Crippen LogP contribution is 2.15. The number of amides is 1. The summed E-state index contributed by atoms with van der Waals surface area (Å²) in [6.45, 7) is 4.40. The number of hydrogen-bond donors (Lipinski definition) is 1. The van der Waals surface area contributed by atoms with Crippen LogP contribution in [0.2, 0.25) is 0 Å². The van der Waals surface area contributed by atoms with Crippen LogP contribution >= 0.6 is 0 Å². The molecule has 0 aliphatic carbocycles. The molecule has 5 heteroatoms. The molecular weight excluding hydrogens is 226 g/mol. The summed E-state index contributed by atoms with van der Waals surface area (Å²) in [4.78, 5) is 11.7. The number of nitrogens with one attached hydrogen (secondary N) is 1. The Morgan fingerprint density at radius 1 is 1.35 bits per heavy atom. The van der Waals surface area contributed by atoms with Crippen LogP contribution in [0.5, 0.6) is 0 Å². The highest BCUT2D eigenvalue weighted by atomic mass is 19.1. The number of hydrogen-bond acceptors (Lipinski definition) is 2. The van der Waals surface area contributed by atoms with E-state index in [0.717, 1.165) is 6.07 Å². The first-order valence-electron chi connectivity index (χ1n) is 4.96. The average molecular weight is 238 g/mol. The summed E-state index contributed by atoms with van der Waals surface area (Å²) in [7, 11) is 0. The number of nitriles is 1. The topological polar surface area (TPSA) is 52.9 Å². The van der Waals surface area contributed by atoms with Crippen molar-refractivity contribution in [2.24, 2.45) is 0 Å². The summed E-state index contributed by atoms with van der Waals surface area (Å²) in [5, 5.41) is 11.1. The highest BCUT2D eigenvalue weighted by molar-refractivity contribution is 5.95. The number of benzene rings is 1. The SMILES string of the molecule is Cc1cc(C(=O)NC(C)(C)C#N)c(F)cc1F. The van der Waals surface area contributed by atoms with Crippen LogP contribution in [0, 0.1) is 29.9 Å². The van der Waals surface area contributed by atoms with Gasteiger partial charge in [-0.2, -0.15) is 5.26 Å². The van der Waals surface area contributed by atoms with E-state index < -0.39 is 23.1 Å². The fourth-order valence-corrected chi connectivity index (χ4v) is 1.21. The van der Waals surface area contributed by atoms with E-state index >= 15 is 0 Å². The Bertz CT molecular complexity index is 504. The molecule has 1 amide bonds.